The molecule has 0 aromatic heterocycles. The summed E-state index contributed by atoms with van der Waals surface area (Å²) >= 11 is 6.32. The zero-order valence-electron chi connectivity index (χ0n) is 11.8. The van der Waals surface area contributed by atoms with Crippen LogP contribution in [0.25, 0.3) is 0 Å². The fourth-order valence-corrected chi connectivity index (χ4v) is 2.42. The number of alkyl halides is 1. The molecule has 98 valence electrons. The topological polar surface area (TPSA) is 0 Å². The molecule has 3 unspecified atom stereocenters. The van der Waals surface area contributed by atoms with Crippen molar-refractivity contribution >= 4 is 11.6 Å². The maximum atomic E-state index is 6.32. The molecule has 0 amide bonds. The van der Waals surface area contributed by atoms with Gasteiger partial charge in [-0.05, 0) is 24.7 Å². The van der Waals surface area contributed by atoms with E-state index < -0.39 is 0 Å². The quantitative estimate of drug-likeness (QED) is 0.326. The Balaban J connectivity index is 3.30. The van der Waals surface area contributed by atoms with Crippen LogP contribution in [0.3, 0.4) is 0 Å². The van der Waals surface area contributed by atoms with Crippen molar-refractivity contribution in [3.05, 3.63) is 0 Å². The maximum absolute atomic E-state index is 6.32. The van der Waals surface area contributed by atoms with Crippen molar-refractivity contribution in [3.8, 4) is 0 Å². The highest BCUT2D eigenvalue weighted by Gasteiger charge is 2.08. The van der Waals surface area contributed by atoms with E-state index in [0.29, 0.717) is 5.38 Å². The lowest BCUT2D eigenvalue weighted by Gasteiger charge is -2.14. The first kappa shape index (κ1) is 16.3. The predicted octanol–water partition coefficient (Wildman–Crippen LogP) is 6.03. The second-order valence-electron chi connectivity index (χ2n) is 5.50. The van der Waals surface area contributed by atoms with E-state index in [9.17, 15) is 0 Å². The third-order valence-electron chi connectivity index (χ3n) is 3.77. The molecule has 0 saturated carbocycles. The minimum absolute atomic E-state index is 0.415. The molecule has 0 spiro atoms. The molecule has 0 radical (unpaired) electrons. The molecule has 0 aliphatic carbocycles. The minimum atomic E-state index is 0.415. The molecule has 3 atom stereocenters. The molecule has 0 aliphatic heterocycles. The molecule has 0 bridgehead atoms. The third kappa shape index (κ3) is 9.51. The zero-order chi connectivity index (χ0) is 12.4. The van der Waals surface area contributed by atoms with E-state index in [1.54, 1.807) is 0 Å². The molecule has 0 saturated heterocycles. The Morgan fingerprint density at radius 2 is 1.38 bits per heavy atom. The number of rotatable bonds is 10. The van der Waals surface area contributed by atoms with Crippen LogP contribution >= 0.6 is 11.6 Å². The van der Waals surface area contributed by atoms with Gasteiger partial charge in [-0.25, -0.2) is 0 Å². The van der Waals surface area contributed by atoms with Crippen molar-refractivity contribution in [2.24, 2.45) is 11.8 Å². The van der Waals surface area contributed by atoms with Gasteiger partial charge in [0.2, 0.25) is 0 Å². The van der Waals surface area contributed by atoms with Crippen LogP contribution < -0.4 is 0 Å². The summed E-state index contributed by atoms with van der Waals surface area (Å²) in [6.45, 7) is 9.19. The van der Waals surface area contributed by atoms with Gasteiger partial charge in [-0.2, -0.15) is 0 Å². The smallest absolute Gasteiger partial charge is 0.0338 e. The lowest BCUT2D eigenvalue weighted by Crippen LogP contribution is -2.05. The minimum Gasteiger partial charge on any atom is -0.123 e. The van der Waals surface area contributed by atoms with Crippen LogP contribution in [0.1, 0.15) is 79.1 Å². The van der Waals surface area contributed by atoms with Crippen LogP contribution in [0.5, 0.6) is 0 Å². The van der Waals surface area contributed by atoms with E-state index in [2.05, 4.69) is 27.7 Å². The van der Waals surface area contributed by atoms with Crippen molar-refractivity contribution in [1.29, 1.82) is 0 Å². The average molecular weight is 247 g/mol. The highest BCUT2D eigenvalue weighted by molar-refractivity contribution is 6.20. The van der Waals surface area contributed by atoms with Crippen molar-refractivity contribution in [1.82, 2.24) is 0 Å². The molecule has 0 heterocycles. The Labute approximate surface area is 108 Å². The van der Waals surface area contributed by atoms with Crippen LogP contribution in [0.2, 0.25) is 0 Å². The number of hydrogen-bond acceptors (Lipinski definition) is 0. The van der Waals surface area contributed by atoms with E-state index in [-0.39, 0.29) is 0 Å². The summed E-state index contributed by atoms with van der Waals surface area (Å²) in [5, 5.41) is 0.415. The van der Waals surface area contributed by atoms with Crippen LogP contribution in [0, 0.1) is 11.8 Å². The van der Waals surface area contributed by atoms with Gasteiger partial charge in [-0.15, -0.1) is 11.6 Å². The second-order valence-corrected chi connectivity index (χ2v) is 6.12. The molecule has 0 rings (SSSR count). The van der Waals surface area contributed by atoms with Gasteiger partial charge in [0.1, 0.15) is 0 Å². The highest BCUT2D eigenvalue weighted by Crippen LogP contribution is 2.20. The maximum Gasteiger partial charge on any atom is 0.0338 e. The molecule has 0 aromatic rings. The summed E-state index contributed by atoms with van der Waals surface area (Å²) in [5.41, 5.74) is 0. The normalized spacial score (nSPS) is 17.1. The van der Waals surface area contributed by atoms with Gasteiger partial charge < -0.3 is 0 Å². The molecule has 0 aliphatic rings. The summed E-state index contributed by atoms with van der Waals surface area (Å²) in [5.74, 6) is 1.70. The Morgan fingerprint density at radius 1 is 0.812 bits per heavy atom. The predicted molar refractivity (Wildman–Crippen MR) is 76.3 cm³/mol. The SMILES string of the molecule is CCC(C)CCCCCC(Cl)CC(C)CC. The van der Waals surface area contributed by atoms with Gasteiger partial charge in [0, 0.05) is 5.38 Å². The Bertz CT molecular complexity index is 144. The van der Waals surface area contributed by atoms with E-state index in [0.717, 1.165) is 11.8 Å². The summed E-state index contributed by atoms with van der Waals surface area (Å²) in [7, 11) is 0. The zero-order valence-corrected chi connectivity index (χ0v) is 12.5. The van der Waals surface area contributed by atoms with E-state index in [4.69, 9.17) is 11.6 Å². The van der Waals surface area contributed by atoms with Crippen molar-refractivity contribution in [3.63, 3.8) is 0 Å². The molecule has 0 aromatic carbocycles. The standard InChI is InChI=1S/C15H31Cl/c1-5-13(3)10-8-7-9-11-15(16)12-14(4)6-2/h13-15H,5-12H2,1-4H3. The molecular weight excluding hydrogens is 216 g/mol. The van der Waals surface area contributed by atoms with E-state index in [1.807, 2.05) is 0 Å². The fourth-order valence-electron chi connectivity index (χ4n) is 1.96. The molecule has 0 fully saturated rings. The molecule has 16 heavy (non-hydrogen) atoms. The molecule has 1 heteroatoms. The number of unbranched alkanes of at least 4 members (excludes halogenated alkanes) is 2. The highest BCUT2D eigenvalue weighted by atomic mass is 35.5. The van der Waals surface area contributed by atoms with E-state index in [1.165, 1.54) is 51.4 Å². The van der Waals surface area contributed by atoms with E-state index >= 15 is 0 Å². The molecular formula is C15H31Cl. The average Bonchev–Trinajstić information content (AvgIpc) is 2.27. The summed E-state index contributed by atoms with van der Waals surface area (Å²) in [4.78, 5) is 0. The van der Waals surface area contributed by atoms with Crippen LogP contribution in [0.15, 0.2) is 0 Å². The van der Waals surface area contributed by atoms with Gasteiger partial charge in [0.15, 0.2) is 0 Å². The third-order valence-corrected chi connectivity index (χ3v) is 4.16. The van der Waals surface area contributed by atoms with Gasteiger partial charge in [-0.3, -0.25) is 0 Å². The Morgan fingerprint density at radius 3 is 1.94 bits per heavy atom. The van der Waals surface area contributed by atoms with Crippen LogP contribution in [0.4, 0.5) is 0 Å². The van der Waals surface area contributed by atoms with Crippen LogP contribution in [-0.4, -0.2) is 5.38 Å². The number of hydrogen-bond donors (Lipinski definition) is 0. The lowest BCUT2D eigenvalue weighted by atomic mass is 9.97. The molecule has 0 N–H and O–H groups in total. The summed E-state index contributed by atoms with van der Waals surface area (Å²) < 4.78 is 0. The van der Waals surface area contributed by atoms with Gasteiger partial charge in [0.05, 0.1) is 0 Å². The fraction of sp³-hybridized carbons (Fsp3) is 1.00. The summed E-state index contributed by atoms with van der Waals surface area (Å²) in [6.07, 6.45) is 10.5. The van der Waals surface area contributed by atoms with Crippen molar-refractivity contribution in [2.45, 2.75) is 84.4 Å². The summed E-state index contributed by atoms with van der Waals surface area (Å²) in [6, 6.07) is 0. The Hall–Kier alpha value is 0.290. The largest absolute Gasteiger partial charge is 0.123 e. The molecule has 0 nitrogen and oxygen atoms in total. The Kier molecular flexibility index (Phi) is 10.6. The van der Waals surface area contributed by atoms with Crippen molar-refractivity contribution < 1.29 is 0 Å². The van der Waals surface area contributed by atoms with Gasteiger partial charge in [-0.1, -0.05) is 66.2 Å². The monoisotopic (exact) mass is 246 g/mol. The second kappa shape index (κ2) is 10.4. The lowest BCUT2D eigenvalue weighted by molar-refractivity contribution is 0.454. The number of halogens is 1. The first-order valence-corrected chi connectivity index (χ1v) is 7.67. The first-order valence-electron chi connectivity index (χ1n) is 7.24. The van der Waals surface area contributed by atoms with Gasteiger partial charge in [0.25, 0.3) is 0 Å². The first-order chi connectivity index (χ1) is 7.60. The van der Waals surface area contributed by atoms with Gasteiger partial charge >= 0.3 is 0 Å². The van der Waals surface area contributed by atoms with Crippen molar-refractivity contribution in [2.75, 3.05) is 0 Å². The van der Waals surface area contributed by atoms with Crippen LogP contribution in [-0.2, 0) is 0 Å².